The first kappa shape index (κ1) is 25.3. The molecule has 0 bridgehead atoms. The lowest BCUT2D eigenvalue weighted by molar-refractivity contribution is -0.139. The lowest BCUT2D eigenvalue weighted by Crippen LogP contribution is -2.36. The molecule has 0 aliphatic carbocycles. The Morgan fingerprint density at radius 2 is 1.87 bits per heavy atom. The molecule has 1 saturated heterocycles. The van der Waals surface area contributed by atoms with Crippen molar-refractivity contribution >= 4 is 28.4 Å². The van der Waals surface area contributed by atoms with Gasteiger partial charge in [-0.15, -0.1) is 0 Å². The predicted octanol–water partition coefficient (Wildman–Crippen LogP) is 4.68. The Bertz CT molecular complexity index is 1390. The minimum absolute atomic E-state index is 0.0937. The smallest absolute Gasteiger partial charge is 0.341 e. The Morgan fingerprint density at radius 3 is 2.66 bits per heavy atom. The zero-order chi connectivity index (χ0) is 26.3. The number of rotatable bonds is 10. The molecule has 9 heteroatoms. The molecule has 4 aromatic rings. The maximum Gasteiger partial charge on any atom is 0.341 e. The van der Waals surface area contributed by atoms with Gasteiger partial charge in [0.15, 0.2) is 6.61 Å². The molecule has 1 unspecified atom stereocenters. The molecular formula is C29H30N4O5. The van der Waals surface area contributed by atoms with Gasteiger partial charge < -0.3 is 29.5 Å². The Labute approximate surface area is 221 Å². The number of anilines is 2. The van der Waals surface area contributed by atoms with Crippen LogP contribution in [0.2, 0.25) is 0 Å². The van der Waals surface area contributed by atoms with Crippen LogP contribution in [-0.2, 0) is 16.1 Å². The summed E-state index contributed by atoms with van der Waals surface area (Å²) < 4.78 is 17.2. The quantitative estimate of drug-likeness (QED) is 0.312. The topological polar surface area (TPSA) is 106 Å². The summed E-state index contributed by atoms with van der Waals surface area (Å²) in [7, 11) is 0. The molecule has 1 aromatic heterocycles. The number of aliphatic carboxylic acids is 1. The molecule has 196 valence electrons. The molecule has 1 atom stereocenters. The van der Waals surface area contributed by atoms with Crippen molar-refractivity contribution < 1.29 is 24.1 Å². The van der Waals surface area contributed by atoms with Crippen LogP contribution in [0.25, 0.3) is 10.9 Å². The van der Waals surface area contributed by atoms with Crippen LogP contribution in [0.15, 0.2) is 73.1 Å². The van der Waals surface area contributed by atoms with E-state index in [0.717, 1.165) is 41.0 Å². The number of nitrogens with one attached hydrogen (secondary N) is 1. The summed E-state index contributed by atoms with van der Waals surface area (Å²) in [6.45, 7) is 4.79. The van der Waals surface area contributed by atoms with Gasteiger partial charge in [0.2, 0.25) is 0 Å². The van der Waals surface area contributed by atoms with Crippen molar-refractivity contribution in [2.45, 2.75) is 19.6 Å². The van der Waals surface area contributed by atoms with Crippen LogP contribution in [0.5, 0.6) is 11.5 Å². The Hall–Kier alpha value is -4.37. The van der Waals surface area contributed by atoms with E-state index in [9.17, 15) is 9.90 Å². The SMILES string of the molecule is CC(Nc1ncnc2c(OCC(=O)O)cc(N3CCOCC3)cc12)c1cccc(OCc2ccccc2)c1. The molecule has 0 saturated carbocycles. The second-order valence-corrected chi connectivity index (χ2v) is 9.06. The molecule has 2 heterocycles. The number of carbonyl (C=O) groups is 1. The normalized spacial score (nSPS) is 14.2. The first-order valence-electron chi connectivity index (χ1n) is 12.6. The highest BCUT2D eigenvalue weighted by Crippen LogP contribution is 2.35. The number of hydrogen-bond acceptors (Lipinski definition) is 8. The lowest BCUT2D eigenvalue weighted by atomic mass is 10.1. The summed E-state index contributed by atoms with van der Waals surface area (Å²) >= 11 is 0. The van der Waals surface area contributed by atoms with Crippen LogP contribution in [0.4, 0.5) is 11.5 Å². The number of fused-ring (bicyclic) bond motifs is 1. The first-order valence-corrected chi connectivity index (χ1v) is 12.6. The minimum atomic E-state index is -1.05. The van der Waals surface area contributed by atoms with E-state index >= 15 is 0 Å². The third kappa shape index (κ3) is 6.12. The number of benzene rings is 3. The average molecular weight is 515 g/mol. The number of aromatic nitrogens is 2. The molecule has 2 N–H and O–H groups in total. The maximum absolute atomic E-state index is 11.2. The van der Waals surface area contributed by atoms with Gasteiger partial charge in [0, 0.05) is 30.2 Å². The van der Waals surface area contributed by atoms with Crippen LogP contribution < -0.4 is 19.7 Å². The van der Waals surface area contributed by atoms with E-state index < -0.39 is 12.6 Å². The third-order valence-electron chi connectivity index (χ3n) is 6.38. The molecular weight excluding hydrogens is 484 g/mol. The number of ether oxygens (including phenoxy) is 3. The van der Waals surface area contributed by atoms with Gasteiger partial charge in [-0.1, -0.05) is 42.5 Å². The van der Waals surface area contributed by atoms with E-state index in [2.05, 4.69) is 27.1 Å². The molecule has 0 spiro atoms. The lowest BCUT2D eigenvalue weighted by Gasteiger charge is -2.29. The monoisotopic (exact) mass is 514 g/mol. The van der Waals surface area contributed by atoms with Crippen molar-refractivity contribution in [3.8, 4) is 11.5 Å². The van der Waals surface area contributed by atoms with Gasteiger partial charge in [0.1, 0.15) is 35.8 Å². The Morgan fingerprint density at radius 1 is 1.05 bits per heavy atom. The summed E-state index contributed by atoms with van der Waals surface area (Å²) in [5, 5.41) is 13.4. The largest absolute Gasteiger partial charge is 0.489 e. The molecule has 0 radical (unpaired) electrons. The number of carboxylic acids is 1. The average Bonchev–Trinajstić information content (AvgIpc) is 2.96. The molecule has 9 nitrogen and oxygen atoms in total. The minimum Gasteiger partial charge on any atom is -0.489 e. The Balaban J connectivity index is 1.41. The van der Waals surface area contributed by atoms with Crippen molar-refractivity contribution in [2.75, 3.05) is 43.1 Å². The van der Waals surface area contributed by atoms with Gasteiger partial charge in [-0.2, -0.15) is 0 Å². The van der Waals surface area contributed by atoms with Crippen LogP contribution in [0, 0.1) is 0 Å². The summed E-state index contributed by atoms with van der Waals surface area (Å²) in [4.78, 5) is 22.3. The van der Waals surface area contributed by atoms with E-state index in [1.54, 1.807) is 0 Å². The van der Waals surface area contributed by atoms with Crippen molar-refractivity contribution in [3.63, 3.8) is 0 Å². The maximum atomic E-state index is 11.2. The molecule has 3 aromatic carbocycles. The highest BCUT2D eigenvalue weighted by Gasteiger charge is 2.19. The third-order valence-corrected chi connectivity index (χ3v) is 6.38. The number of carboxylic acid groups (broad SMARTS) is 1. The van der Waals surface area contributed by atoms with Crippen LogP contribution in [0.1, 0.15) is 24.1 Å². The van der Waals surface area contributed by atoms with Crippen LogP contribution in [-0.4, -0.2) is 54.0 Å². The fourth-order valence-electron chi connectivity index (χ4n) is 4.39. The van der Waals surface area contributed by atoms with Gasteiger partial charge >= 0.3 is 5.97 Å². The number of morpholine rings is 1. The van der Waals surface area contributed by atoms with Crippen molar-refractivity contribution in [2.24, 2.45) is 0 Å². The van der Waals surface area contributed by atoms with E-state index in [1.165, 1.54) is 6.33 Å². The fraction of sp³-hybridized carbons (Fsp3) is 0.276. The molecule has 1 fully saturated rings. The predicted molar refractivity (Wildman–Crippen MR) is 145 cm³/mol. The zero-order valence-corrected chi connectivity index (χ0v) is 21.2. The molecule has 38 heavy (non-hydrogen) atoms. The number of hydrogen-bond donors (Lipinski definition) is 2. The van der Waals surface area contributed by atoms with E-state index in [1.807, 2.05) is 66.7 Å². The summed E-state index contributed by atoms with van der Waals surface area (Å²) in [6.07, 6.45) is 1.46. The van der Waals surface area contributed by atoms with Gasteiger partial charge in [0.05, 0.1) is 19.3 Å². The highest BCUT2D eigenvalue weighted by molar-refractivity contribution is 5.96. The highest BCUT2D eigenvalue weighted by atomic mass is 16.5. The Kier molecular flexibility index (Phi) is 7.84. The van der Waals surface area contributed by atoms with Crippen molar-refractivity contribution in [3.05, 3.63) is 84.2 Å². The van der Waals surface area contributed by atoms with E-state index in [-0.39, 0.29) is 6.04 Å². The van der Waals surface area contributed by atoms with Crippen molar-refractivity contribution in [1.29, 1.82) is 0 Å². The van der Waals surface area contributed by atoms with Crippen LogP contribution in [0.3, 0.4) is 0 Å². The second-order valence-electron chi connectivity index (χ2n) is 9.06. The zero-order valence-electron chi connectivity index (χ0n) is 21.2. The first-order chi connectivity index (χ1) is 18.6. The van der Waals surface area contributed by atoms with E-state index in [0.29, 0.717) is 36.9 Å². The van der Waals surface area contributed by atoms with Crippen molar-refractivity contribution in [1.82, 2.24) is 9.97 Å². The van der Waals surface area contributed by atoms with Gasteiger partial charge in [-0.25, -0.2) is 14.8 Å². The van der Waals surface area contributed by atoms with Gasteiger partial charge in [0.25, 0.3) is 0 Å². The summed E-state index contributed by atoms with van der Waals surface area (Å²) in [5.41, 5.74) is 3.60. The fourth-order valence-corrected chi connectivity index (χ4v) is 4.39. The van der Waals surface area contributed by atoms with E-state index in [4.69, 9.17) is 14.2 Å². The molecule has 0 amide bonds. The second kappa shape index (κ2) is 11.8. The van der Waals surface area contributed by atoms with Gasteiger partial charge in [-0.3, -0.25) is 0 Å². The standard InChI is InChI=1S/C29H30N4O5/c1-20(22-8-5-9-24(14-22)37-17-21-6-3-2-4-7-21)32-29-25-15-23(33-10-12-36-13-11-33)16-26(38-18-27(34)35)28(25)30-19-31-29/h2-9,14-16,19-20H,10-13,17-18H2,1H3,(H,34,35)(H,30,31,32). The summed E-state index contributed by atoms with van der Waals surface area (Å²) in [5.74, 6) is 0.769. The molecule has 1 aliphatic heterocycles. The molecule has 5 rings (SSSR count). The number of nitrogens with zero attached hydrogens (tertiary/aromatic N) is 3. The van der Waals surface area contributed by atoms with Crippen LogP contribution >= 0.6 is 0 Å². The van der Waals surface area contributed by atoms with Gasteiger partial charge in [-0.05, 0) is 36.2 Å². The molecule has 1 aliphatic rings. The summed E-state index contributed by atoms with van der Waals surface area (Å²) in [6, 6.07) is 21.8.